The van der Waals surface area contributed by atoms with Gasteiger partial charge in [-0.3, -0.25) is 4.79 Å². The lowest BCUT2D eigenvalue weighted by Gasteiger charge is -2.52. The Kier molecular flexibility index (Phi) is 4.13. The number of rotatable bonds is 4. The van der Waals surface area contributed by atoms with Crippen LogP contribution in [0.25, 0.3) is 0 Å². The van der Waals surface area contributed by atoms with Crippen LogP contribution >= 0.6 is 39.5 Å². The predicted octanol–water partition coefficient (Wildman–Crippen LogP) is 4.14. The lowest BCUT2D eigenvalue weighted by Crippen LogP contribution is -2.70. The maximum Gasteiger partial charge on any atom is 0.251 e. The molecule has 3 atom stereocenters. The molecule has 2 aliphatic heterocycles. The van der Waals surface area contributed by atoms with Crippen molar-refractivity contribution in [3.05, 3.63) is 35.9 Å². The standard InChI is InChI=1S/C16H20BrNOS2/c1-4-20-16-13(12(17)15(2,3)21-16)18(14(16)19)10-11-8-6-5-7-9-11/h5-9,12-13H,4,10H2,1-3H3/t12?,13-,16+/m1/s1. The highest BCUT2D eigenvalue weighted by Gasteiger charge is 2.71. The summed E-state index contributed by atoms with van der Waals surface area (Å²) in [6.45, 7) is 7.33. The Morgan fingerprint density at radius 3 is 2.62 bits per heavy atom. The molecule has 2 fully saturated rings. The van der Waals surface area contributed by atoms with E-state index in [1.165, 1.54) is 5.56 Å². The summed E-state index contributed by atoms with van der Waals surface area (Å²) >= 11 is 7.53. The van der Waals surface area contributed by atoms with E-state index in [-0.39, 0.29) is 14.9 Å². The van der Waals surface area contributed by atoms with E-state index < -0.39 is 0 Å². The van der Waals surface area contributed by atoms with Crippen molar-refractivity contribution < 1.29 is 4.79 Å². The minimum Gasteiger partial charge on any atom is -0.329 e. The average Bonchev–Trinajstić information content (AvgIpc) is 2.63. The van der Waals surface area contributed by atoms with Crippen molar-refractivity contribution in [2.24, 2.45) is 0 Å². The molecule has 0 saturated carbocycles. The summed E-state index contributed by atoms with van der Waals surface area (Å²) < 4.78 is -0.199. The van der Waals surface area contributed by atoms with Crippen molar-refractivity contribution in [3.63, 3.8) is 0 Å². The number of alkyl halides is 1. The number of carbonyl (C=O) groups is 1. The molecule has 1 aromatic carbocycles. The lowest BCUT2D eigenvalue weighted by atomic mass is 9.91. The van der Waals surface area contributed by atoms with Crippen LogP contribution < -0.4 is 0 Å². The molecule has 0 bridgehead atoms. The number of hydrogen-bond acceptors (Lipinski definition) is 3. The van der Waals surface area contributed by atoms with Gasteiger partial charge in [0, 0.05) is 11.3 Å². The van der Waals surface area contributed by atoms with Gasteiger partial charge >= 0.3 is 0 Å². The first-order valence-corrected chi connectivity index (χ1v) is 9.97. The van der Waals surface area contributed by atoms with Gasteiger partial charge in [-0.2, -0.15) is 0 Å². The van der Waals surface area contributed by atoms with E-state index in [1.54, 1.807) is 11.8 Å². The number of amides is 1. The topological polar surface area (TPSA) is 20.3 Å². The Balaban J connectivity index is 1.87. The first-order valence-electron chi connectivity index (χ1n) is 7.25. The highest BCUT2D eigenvalue weighted by Crippen LogP contribution is 2.65. The van der Waals surface area contributed by atoms with Gasteiger partial charge in [0.25, 0.3) is 5.91 Å². The van der Waals surface area contributed by atoms with Gasteiger partial charge in [-0.15, -0.1) is 23.5 Å². The second-order valence-electron chi connectivity index (χ2n) is 6.07. The van der Waals surface area contributed by atoms with E-state index in [0.717, 1.165) is 12.3 Å². The van der Waals surface area contributed by atoms with Gasteiger partial charge in [0.05, 0.1) is 10.9 Å². The molecule has 3 rings (SSSR count). The van der Waals surface area contributed by atoms with Gasteiger partial charge in [-0.1, -0.05) is 53.2 Å². The third kappa shape index (κ3) is 2.36. The molecule has 0 aromatic heterocycles. The SMILES string of the molecule is CCS[C@]12SC(C)(C)C(Br)[C@H]1N(Cc1ccccc1)C2=O. The Bertz CT molecular complexity index is 550. The van der Waals surface area contributed by atoms with Gasteiger partial charge in [0.2, 0.25) is 0 Å². The Hall–Kier alpha value is -0.130. The van der Waals surface area contributed by atoms with Crippen molar-refractivity contribution in [1.29, 1.82) is 0 Å². The first-order chi connectivity index (χ1) is 9.92. The molecule has 5 heteroatoms. The van der Waals surface area contributed by atoms with Crippen molar-refractivity contribution in [1.82, 2.24) is 4.90 Å². The van der Waals surface area contributed by atoms with Crippen molar-refractivity contribution in [2.75, 3.05) is 5.75 Å². The van der Waals surface area contributed by atoms with E-state index in [1.807, 2.05) is 30.0 Å². The van der Waals surface area contributed by atoms with Crippen LogP contribution in [0.3, 0.4) is 0 Å². The normalized spacial score (nSPS) is 33.7. The Morgan fingerprint density at radius 1 is 1.33 bits per heavy atom. The third-order valence-electron chi connectivity index (χ3n) is 4.19. The van der Waals surface area contributed by atoms with E-state index in [0.29, 0.717) is 10.7 Å². The molecular weight excluding hydrogens is 366 g/mol. The van der Waals surface area contributed by atoms with Crippen LogP contribution in [0, 0.1) is 0 Å². The quantitative estimate of drug-likeness (QED) is 0.573. The maximum absolute atomic E-state index is 12.9. The summed E-state index contributed by atoms with van der Waals surface area (Å²) in [5.41, 5.74) is 1.20. The number of likely N-dealkylation sites (tertiary alicyclic amines) is 1. The van der Waals surface area contributed by atoms with Crippen LogP contribution in [0.5, 0.6) is 0 Å². The molecule has 0 aliphatic carbocycles. The summed E-state index contributed by atoms with van der Waals surface area (Å²) in [5, 5.41) is 0. The van der Waals surface area contributed by atoms with E-state index in [4.69, 9.17) is 0 Å². The smallest absolute Gasteiger partial charge is 0.251 e. The number of thioether (sulfide) groups is 2. The van der Waals surface area contributed by atoms with Gasteiger partial charge in [-0.25, -0.2) is 0 Å². The van der Waals surface area contributed by atoms with Crippen LogP contribution in [-0.4, -0.2) is 36.3 Å². The minimum atomic E-state index is -0.277. The Morgan fingerprint density at radius 2 is 2.00 bits per heavy atom. The number of carbonyl (C=O) groups excluding carboxylic acids is 1. The molecule has 2 nitrogen and oxygen atoms in total. The van der Waals surface area contributed by atoms with Gasteiger partial charge in [0.15, 0.2) is 4.08 Å². The zero-order chi connectivity index (χ0) is 15.3. The van der Waals surface area contributed by atoms with Crippen LogP contribution in [-0.2, 0) is 11.3 Å². The molecule has 0 radical (unpaired) electrons. The largest absolute Gasteiger partial charge is 0.329 e. The average molecular weight is 386 g/mol. The monoisotopic (exact) mass is 385 g/mol. The molecule has 1 unspecified atom stereocenters. The zero-order valence-corrected chi connectivity index (χ0v) is 15.7. The number of hydrogen-bond donors (Lipinski definition) is 0. The van der Waals surface area contributed by atoms with Crippen molar-refractivity contribution in [2.45, 2.75) is 47.0 Å². The molecule has 114 valence electrons. The molecule has 0 spiro atoms. The number of fused-ring (bicyclic) bond motifs is 1. The van der Waals surface area contributed by atoms with Crippen LogP contribution in [0.4, 0.5) is 0 Å². The predicted molar refractivity (Wildman–Crippen MR) is 96.0 cm³/mol. The second kappa shape index (κ2) is 5.50. The fourth-order valence-electron chi connectivity index (χ4n) is 3.22. The van der Waals surface area contributed by atoms with Crippen LogP contribution in [0.2, 0.25) is 0 Å². The van der Waals surface area contributed by atoms with Crippen molar-refractivity contribution in [3.8, 4) is 0 Å². The molecule has 0 N–H and O–H groups in total. The van der Waals surface area contributed by atoms with E-state index in [9.17, 15) is 4.79 Å². The fraction of sp³-hybridized carbons (Fsp3) is 0.562. The van der Waals surface area contributed by atoms with Gasteiger partial charge in [0.1, 0.15) is 0 Å². The summed E-state index contributed by atoms with van der Waals surface area (Å²) in [5.74, 6) is 1.27. The summed E-state index contributed by atoms with van der Waals surface area (Å²) in [6, 6.07) is 10.5. The number of benzene rings is 1. The zero-order valence-electron chi connectivity index (χ0n) is 12.5. The van der Waals surface area contributed by atoms with Crippen LogP contribution in [0.1, 0.15) is 26.3 Å². The molecule has 1 aromatic rings. The summed E-state index contributed by atoms with van der Waals surface area (Å²) in [7, 11) is 0. The first kappa shape index (κ1) is 15.8. The van der Waals surface area contributed by atoms with Crippen LogP contribution in [0.15, 0.2) is 30.3 Å². The highest BCUT2D eigenvalue weighted by molar-refractivity contribution is 9.09. The third-order valence-corrected chi connectivity index (χ3v) is 9.38. The fourth-order valence-corrected chi connectivity index (χ4v) is 8.48. The number of β-lactam (4-membered cyclic amide) rings is 1. The maximum atomic E-state index is 12.9. The summed E-state index contributed by atoms with van der Waals surface area (Å²) in [4.78, 5) is 15.2. The molecule has 21 heavy (non-hydrogen) atoms. The molecule has 2 saturated heterocycles. The lowest BCUT2D eigenvalue weighted by molar-refractivity contribution is -0.146. The highest BCUT2D eigenvalue weighted by atomic mass is 79.9. The second-order valence-corrected chi connectivity index (χ2v) is 10.7. The molecular formula is C16H20BrNOS2. The van der Waals surface area contributed by atoms with Gasteiger partial charge in [-0.05, 0) is 25.2 Å². The number of nitrogens with zero attached hydrogens (tertiary/aromatic N) is 1. The summed E-state index contributed by atoms with van der Waals surface area (Å²) in [6.07, 6.45) is 0. The minimum absolute atomic E-state index is 0.0773. The number of halogens is 1. The van der Waals surface area contributed by atoms with Gasteiger partial charge < -0.3 is 4.90 Å². The van der Waals surface area contributed by atoms with E-state index in [2.05, 4.69) is 53.7 Å². The molecule has 2 heterocycles. The molecule has 1 amide bonds. The Labute approximate surface area is 143 Å². The van der Waals surface area contributed by atoms with E-state index >= 15 is 0 Å². The molecule has 2 aliphatic rings. The van der Waals surface area contributed by atoms with Crippen molar-refractivity contribution >= 4 is 45.4 Å².